The minimum Gasteiger partial charge on any atom is -0.349 e. The van der Waals surface area contributed by atoms with Crippen LogP contribution < -0.4 is 16.4 Å². The molecule has 1 aromatic rings. The zero-order chi connectivity index (χ0) is 17.6. The molecule has 1 rings (SSSR count). The van der Waals surface area contributed by atoms with Crippen LogP contribution >= 0.6 is 15.9 Å². The fourth-order valence-electron chi connectivity index (χ4n) is 2.17. The van der Waals surface area contributed by atoms with Gasteiger partial charge in [0, 0.05) is 10.0 Å². The van der Waals surface area contributed by atoms with E-state index in [1.807, 2.05) is 52.0 Å². The maximum Gasteiger partial charge on any atom is 0.239 e. The number of nitrogens with one attached hydrogen (secondary N) is 2. The van der Waals surface area contributed by atoms with Gasteiger partial charge in [-0.15, -0.1) is 0 Å². The van der Waals surface area contributed by atoms with Crippen molar-refractivity contribution in [2.24, 2.45) is 11.7 Å². The van der Waals surface area contributed by atoms with Crippen LogP contribution in [0.25, 0.3) is 0 Å². The van der Waals surface area contributed by atoms with Crippen LogP contribution in [-0.4, -0.2) is 29.9 Å². The van der Waals surface area contributed by atoms with Crippen molar-refractivity contribution in [2.75, 3.05) is 6.54 Å². The zero-order valence-corrected chi connectivity index (χ0v) is 15.7. The monoisotopic (exact) mass is 383 g/mol. The molecule has 23 heavy (non-hydrogen) atoms. The molecule has 0 fully saturated rings. The fraction of sp³-hybridized carbons (Fsp3) is 0.529. The SMILES string of the molecule is CC(C)[C@H](N)C(=O)NCC(=O)NC(C)(C)Cc1ccc(Br)cc1. The Morgan fingerprint density at radius 1 is 1.22 bits per heavy atom. The summed E-state index contributed by atoms with van der Waals surface area (Å²) < 4.78 is 1.02. The first-order chi connectivity index (χ1) is 10.6. The Labute approximate surface area is 146 Å². The molecule has 0 saturated heterocycles. The second kappa shape index (κ2) is 8.45. The first-order valence-electron chi connectivity index (χ1n) is 7.69. The first kappa shape index (κ1) is 19.6. The molecule has 0 aliphatic heterocycles. The van der Waals surface area contributed by atoms with Crippen molar-refractivity contribution in [2.45, 2.75) is 45.7 Å². The van der Waals surface area contributed by atoms with Gasteiger partial charge in [0.2, 0.25) is 11.8 Å². The Hall–Kier alpha value is -1.40. The summed E-state index contributed by atoms with van der Waals surface area (Å²) in [5, 5.41) is 5.51. The van der Waals surface area contributed by atoms with Gasteiger partial charge < -0.3 is 16.4 Å². The number of carbonyl (C=O) groups is 2. The third-order valence-corrected chi connectivity index (χ3v) is 4.01. The Balaban J connectivity index is 2.48. The van der Waals surface area contributed by atoms with E-state index in [2.05, 4.69) is 26.6 Å². The lowest BCUT2D eigenvalue weighted by molar-refractivity contribution is -0.128. The first-order valence-corrected chi connectivity index (χ1v) is 8.49. The van der Waals surface area contributed by atoms with E-state index in [4.69, 9.17) is 5.73 Å². The van der Waals surface area contributed by atoms with Crippen molar-refractivity contribution in [3.63, 3.8) is 0 Å². The van der Waals surface area contributed by atoms with Gasteiger partial charge in [0.05, 0.1) is 12.6 Å². The summed E-state index contributed by atoms with van der Waals surface area (Å²) in [6.45, 7) is 7.57. The van der Waals surface area contributed by atoms with Crippen molar-refractivity contribution in [3.8, 4) is 0 Å². The fourth-order valence-corrected chi connectivity index (χ4v) is 2.43. The molecule has 0 heterocycles. The van der Waals surface area contributed by atoms with Gasteiger partial charge in [0.25, 0.3) is 0 Å². The van der Waals surface area contributed by atoms with Crippen LogP contribution in [-0.2, 0) is 16.0 Å². The molecule has 5 nitrogen and oxygen atoms in total. The number of carbonyl (C=O) groups excluding carboxylic acids is 2. The summed E-state index contributed by atoms with van der Waals surface area (Å²) in [6, 6.07) is 7.38. The topological polar surface area (TPSA) is 84.2 Å². The highest BCUT2D eigenvalue weighted by molar-refractivity contribution is 9.10. The lowest BCUT2D eigenvalue weighted by Crippen LogP contribution is -2.51. The number of rotatable bonds is 7. The smallest absolute Gasteiger partial charge is 0.239 e. The highest BCUT2D eigenvalue weighted by Gasteiger charge is 2.22. The van der Waals surface area contributed by atoms with Gasteiger partial charge in [-0.3, -0.25) is 9.59 Å². The Bertz CT molecular complexity index is 541. The normalized spacial score (nSPS) is 12.8. The molecule has 128 valence electrons. The molecule has 0 aliphatic carbocycles. The van der Waals surface area contributed by atoms with Crippen molar-refractivity contribution in [3.05, 3.63) is 34.3 Å². The third-order valence-electron chi connectivity index (χ3n) is 3.48. The maximum atomic E-state index is 12.0. The van der Waals surface area contributed by atoms with Crippen LogP contribution in [0.1, 0.15) is 33.3 Å². The number of hydrogen-bond acceptors (Lipinski definition) is 3. The molecular formula is C17H26BrN3O2. The van der Waals surface area contributed by atoms with Crippen LogP contribution in [0.15, 0.2) is 28.7 Å². The molecule has 0 saturated carbocycles. The summed E-state index contributed by atoms with van der Waals surface area (Å²) in [4.78, 5) is 23.8. The maximum absolute atomic E-state index is 12.0. The highest BCUT2D eigenvalue weighted by Crippen LogP contribution is 2.16. The lowest BCUT2D eigenvalue weighted by atomic mass is 9.95. The van der Waals surface area contributed by atoms with Gasteiger partial charge in [-0.25, -0.2) is 0 Å². The number of amides is 2. The molecule has 0 aromatic heterocycles. The van der Waals surface area contributed by atoms with E-state index < -0.39 is 11.6 Å². The molecule has 0 unspecified atom stereocenters. The van der Waals surface area contributed by atoms with Crippen molar-refractivity contribution < 1.29 is 9.59 Å². The Morgan fingerprint density at radius 3 is 2.30 bits per heavy atom. The predicted octanol–water partition coefficient (Wildman–Crippen LogP) is 1.99. The van der Waals surface area contributed by atoms with Crippen molar-refractivity contribution in [1.82, 2.24) is 10.6 Å². The van der Waals surface area contributed by atoms with Crippen molar-refractivity contribution >= 4 is 27.7 Å². The quantitative estimate of drug-likeness (QED) is 0.672. The zero-order valence-electron chi connectivity index (χ0n) is 14.2. The summed E-state index contributed by atoms with van der Waals surface area (Å²) in [5.74, 6) is -0.496. The van der Waals surface area contributed by atoms with Gasteiger partial charge >= 0.3 is 0 Å². The second-order valence-corrected chi connectivity index (χ2v) is 7.64. The van der Waals surface area contributed by atoms with Crippen LogP contribution in [0, 0.1) is 5.92 Å². The van der Waals surface area contributed by atoms with E-state index >= 15 is 0 Å². The summed E-state index contributed by atoms with van der Waals surface area (Å²) in [5.41, 5.74) is 6.46. The van der Waals surface area contributed by atoms with Gasteiger partial charge in [0.15, 0.2) is 0 Å². The number of benzene rings is 1. The van der Waals surface area contributed by atoms with E-state index in [0.29, 0.717) is 6.42 Å². The van der Waals surface area contributed by atoms with Gasteiger partial charge in [-0.1, -0.05) is 41.9 Å². The second-order valence-electron chi connectivity index (χ2n) is 6.72. The Kier molecular flexibility index (Phi) is 7.22. The predicted molar refractivity (Wildman–Crippen MR) is 95.9 cm³/mol. The van der Waals surface area contributed by atoms with E-state index in [9.17, 15) is 9.59 Å². The van der Waals surface area contributed by atoms with Crippen LogP contribution in [0.2, 0.25) is 0 Å². The molecular weight excluding hydrogens is 358 g/mol. The summed E-state index contributed by atoms with van der Waals surface area (Å²) >= 11 is 3.40. The number of halogens is 1. The molecule has 0 aliphatic rings. The molecule has 1 aromatic carbocycles. The molecule has 0 spiro atoms. The minimum absolute atomic E-state index is 0.0342. The number of hydrogen-bond donors (Lipinski definition) is 3. The average Bonchev–Trinajstić information content (AvgIpc) is 2.45. The minimum atomic E-state index is -0.599. The van der Waals surface area contributed by atoms with Gasteiger partial charge in [-0.05, 0) is 43.9 Å². The third kappa shape index (κ3) is 7.14. The van der Waals surface area contributed by atoms with Crippen molar-refractivity contribution in [1.29, 1.82) is 0 Å². The largest absolute Gasteiger partial charge is 0.349 e. The van der Waals surface area contributed by atoms with Gasteiger partial charge in [0.1, 0.15) is 0 Å². The van der Waals surface area contributed by atoms with Gasteiger partial charge in [-0.2, -0.15) is 0 Å². The molecule has 0 bridgehead atoms. The summed E-state index contributed by atoms with van der Waals surface area (Å²) in [7, 11) is 0. The highest BCUT2D eigenvalue weighted by atomic mass is 79.9. The van der Waals surface area contributed by atoms with E-state index in [1.165, 1.54) is 0 Å². The lowest BCUT2D eigenvalue weighted by Gasteiger charge is -2.27. The molecule has 2 amide bonds. The van der Waals surface area contributed by atoms with Crippen LogP contribution in [0.4, 0.5) is 0 Å². The molecule has 4 N–H and O–H groups in total. The Morgan fingerprint density at radius 2 is 1.78 bits per heavy atom. The van der Waals surface area contributed by atoms with Crippen LogP contribution in [0.5, 0.6) is 0 Å². The summed E-state index contributed by atoms with van der Waals surface area (Å²) in [6.07, 6.45) is 0.700. The van der Waals surface area contributed by atoms with Crippen LogP contribution in [0.3, 0.4) is 0 Å². The molecule has 6 heteroatoms. The average molecular weight is 384 g/mol. The molecule has 1 atom stereocenters. The van der Waals surface area contributed by atoms with E-state index in [-0.39, 0.29) is 24.3 Å². The molecule has 0 radical (unpaired) electrons. The van der Waals surface area contributed by atoms with E-state index in [1.54, 1.807) is 0 Å². The standard InChI is InChI=1S/C17H26BrN3O2/c1-11(2)15(19)16(23)20-10-14(22)21-17(3,4)9-12-5-7-13(18)8-6-12/h5-8,11,15H,9-10,19H2,1-4H3,(H,20,23)(H,21,22)/t15-/m0/s1. The van der Waals surface area contributed by atoms with E-state index in [0.717, 1.165) is 10.0 Å². The number of nitrogens with two attached hydrogens (primary N) is 1.